The van der Waals surface area contributed by atoms with Gasteiger partial charge in [-0.15, -0.1) is 12.3 Å². The van der Waals surface area contributed by atoms with Crippen LogP contribution < -0.4 is 0 Å². The molecule has 1 aromatic rings. The molecule has 20 heavy (non-hydrogen) atoms. The van der Waals surface area contributed by atoms with Crippen LogP contribution in [0.15, 0.2) is 30.3 Å². The molecule has 2 rings (SSSR count). The minimum atomic E-state index is -0.283. The number of benzene rings is 1. The standard InChI is InChI=1S/C17H24N2O/c1-2-3-9-18-10-12-19(13-11-18)15-17(20)14-16-7-5-4-6-8-16/h1,4-8,17,20H,3,9-15H2. The van der Waals surface area contributed by atoms with E-state index in [1.165, 1.54) is 5.56 Å². The highest BCUT2D eigenvalue weighted by Gasteiger charge is 2.18. The van der Waals surface area contributed by atoms with Crippen molar-refractivity contribution in [1.82, 2.24) is 9.80 Å². The van der Waals surface area contributed by atoms with Crippen LogP contribution in [0, 0.1) is 12.3 Å². The third-order valence-electron chi connectivity index (χ3n) is 3.82. The second kappa shape index (κ2) is 8.06. The lowest BCUT2D eigenvalue weighted by molar-refractivity contribution is 0.0737. The van der Waals surface area contributed by atoms with Crippen molar-refractivity contribution >= 4 is 0 Å². The van der Waals surface area contributed by atoms with Crippen molar-refractivity contribution in [2.75, 3.05) is 39.3 Å². The minimum Gasteiger partial charge on any atom is -0.391 e. The van der Waals surface area contributed by atoms with E-state index in [9.17, 15) is 5.11 Å². The first kappa shape index (κ1) is 15.1. The molecule has 0 bridgehead atoms. The summed E-state index contributed by atoms with van der Waals surface area (Å²) in [5.41, 5.74) is 1.20. The summed E-state index contributed by atoms with van der Waals surface area (Å²) in [7, 11) is 0. The summed E-state index contributed by atoms with van der Waals surface area (Å²) in [5.74, 6) is 2.69. The fraction of sp³-hybridized carbons (Fsp3) is 0.529. The second-order valence-corrected chi connectivity index (χ2v) is 5.44. The van der Waals surface area contributed by atoms with Crippen LogP contribution in [-0.2, 0) is 6.42 Å². The summed E-state index contributed by atoms with van der Waals surface area (Å²) in [4.78, 5) is 4.75. The zero-order valence-electron chi connectivity index (χ0n) is 12.0. The van der Waals surface area contributed by atoms with E-state index < -0.39 is 0 Å². The molecule has 1 aliphatic heterocycles. The summed E-state index contributed by atoms with van der Waals surface area (Å²) in [6.07, 6.45) is 6.57. The molecule has 1 fully saturated rings. The molecular weight excluding hydrogens is 248 g/mol. The molecule has 0 spiro atoms. The lowest BCUT2D eigenvalue weighted by Crippen LogP contribution is -2.48. The van der Waals surface area contributed by atoms with E-state index in [1.807, 2.05) is 18.2 Å². The van der Waals surface area contributed by atoms with E-state index in [0.29, 0.717) is 0 Å². The Morgan fingerprint density at radius 1 is 1.10 bits per heavy atom. The Morgan fingerprint density at radius 2 is 1.75 bits per heavy atom. The lowest BCUT2D eigenvalue weighted by Gasteiger charge is -2.35. The van der Waals surface area contributed by atoms with Gasteiger partial charge in [0, 0.05) is 45.7 Å². The summed E-state index contributed by atoms with van der Waals surface area (Å²) >= 11 is 0. The quantitative estimate of drug-likeness (QED) is 0.789. The van der Waals surface area contributed by atoms with Gasteiger partial charge in [-0.2, -0.15) is 0 Å². The average molecular weight is 272 g/mol. The van der Waals surface area contributed by atoms with E-state index in [-0.39, 0.29) is 6.10 Å². The molecule has 0 radical (unpaired) electrons. The Balaban J connectivity index is 1.68. The normalized spacial score (nSPS) is 18.6. The van der Waals surface area contributed by atoms with Gasteiger partial charge in [0.15, 0.2) is 0 Å². The van der Waals surface area contributed by atoms with Crippen molar-refractivity contribution < 1.29 is 5.11 Å². The monoisotopic (exact) mass is 272 g/mol. The van der Waals surface area contributed by atoms with Gasteiger partial charge >= 0.3 is 0 Å². The van der Waals surface area contributed by atoms with Gasteiger partial charge in [0.1, 0.15) is 0 Å². The van der Waals surface area contributed by atoms with Crippen LogP contribution in [0.4, 0.5) is 0 Å². The molecule has 3 heteroatoms. The fourth-order valence-electron chi connectivity index (χ4n) is 2.67. The van der Waals surface area contributed by atoms with Crippen molar-refractivity contribution in [2.45, 2.75) is 18.9 Å². The predicted molar refractivity (Wildman–Crippen MR) is 82.5 cm³/mol. The van der Waals surface area contributed by atoms with Gasteiger partial charge in [-0.25, -0.2) is 0 Å². The summed E-state index contributed by atoms with van der Waals surface area (Å²) in [6.45, 7) is 5.92. The van der Waals surface area contributed by atoms with E-state index in [1.54, 1.807) is 0 Å². The number of aliphatic hydroxyl groups is 1. The van der Waals surface area contributed by atoms with Crippen molar-refractivity contribution in [3.8, 4) is 12.3 Å². The van der Waals surface area contributed by atoms with E-state index in [2.05, 4.69) is 27.9 Å². The third kappa shape index (κ3) is 4.97. The highest BCUT2D eigenvalue weighted by atomic mass is 16.3. The summed E-state index contributed by atoms with van der Waals surface area (Å²) < 4.78 is 0. The van der Waals surface area contributed by atoms with E-state index >= 15 is 0 Å². The van der Waals surface area contributed by atoms with Crippen LogP contribution in [0.25, 0.3) is 0 Å². The van der Waals surface area contributed by atoms with Gasteiger partial charge in [-0.1, -0.05) is 30.3 Å². The van der Waals surface area contributed by atoms with Gasteiger partial charge in [0.25, 0.3) is 0 Å². The van der Waals surface area contributed by atoms with Crippen LogP contribution in [0.2, 0.25) is 0 Å². The Labute approximate surface area is 122 Å². The van der Waals surface area contributed by atoms with Gasteiger partial charge in [0.05, 0.1) is 6.10 Å². The molecule has 1 N–H and O–H groups in total. The Bertz CT molecular complexity index is 418. The number of β-amino-alcohol motifs (C(OH)–C–C–N with tert-alkyl or cyclic N) is 1. The molecule has 108 valence electrons. The molecule has 1 atom stereocenters. The second-order valence-electron chi connectivity index (χ2n) is 5.44. The molecule has 1 aromatic carbocycles. The Hall–Kier alpha value is -1.34. The largest absolute Gasteiger partial charge is 0.391 e. The number of terminal acetylenes is 1. The van der Waals surface area contributed by atoms with Crippen LogP contribution >= 0.6 is 0 Å². The molecule has 0 amide bonds. The van der Waals surface area contributed by atoms with Gasteiger partial charge < -0.3 is 5.11 Å². The average Bonchev–Trinajstić information content (AvgIpc) is 2.47. The predicted octanol–water partition coefficient (Wildman–Crippen LogP) is 1.23. The number of rotatable bonds is 6. The number of aliphatic hydroxyl groups excluding tert-OH is 1. The maximum absolute atomic E-state index is 10.2. The third-order valence-corrected chi connectivity index (χ3v) is 3.82. The molecule has 0 aromatic heterocycles. The van der Waals surface area contributed by atoms with Crippen molar-refractivity contribution in [1.29, 1.82) is 0 Å². The number of hydrogen-bond donors (Lipinski definition) is 1. The molecule has 1 aliphatic rings. The highest BCUT2D eigenvalue weighted by Crippen LogP contribution is 2.07. The lowest BCUT2D eigenvalue weighted by atomic mass is 10.1. The van der Waals surface area contributed by atoms with Crippen molar-refractivity contribution in [3.05, 3.63) is 35.9 Å². The van der Waals surface area contributed by atoms with Crippen LogP contribution in [-0.4, -0.2) is 60.3 Å². The van der Waals surface area contributed by atoms with Crippen LogP contribution in [0.5, 0.6) is 0 Å². The molecule has 1 heterocycles. The number of piperazine rings is 1. The molecule has 1 saturated heterocycles. The SMILES string of the molecule is C#CCCN1CCN(CC(O)Cc2ccccc2)CC1. The fourth-order valence-corrected chi connectivity index (χ4v) is 2.67. The van der Waals surface area contributed by atoms with Crippen LogP contribution in [0.1, 0.15) is 12.0 Å². The van der Waals surface area contributed by atoms with Gasteiger partial charge in [-0.3, -0.25) is 9.80 Å². The first-order valence-corrected chi connectivity index (χ1v) is 7.38. The molecular formula is C17H24N2O. The zero-order chi connectivity index (χ0) is 14.2. The topological polar surface area (TPSA) is 26.7 Å². The summed E-state index contributed by atoms with van der Waals surface area (Å²) in [5, 5.41) is 10.2. The van der Waals surface area contributed by atoms with Crippen molar-refractivity contribution in [3.63, 3.8) is 0 Å². The van der Waals surface area contributed by atoms with Gasteiger partial charge in [0.2, 0.25) is 0 Å². The Kier molecular flexibility index (Phi) is 6.07. The van der Waals surface area contributed by atoms with Crippen LogP contribution in [0.3, 0.4) is 0 Å². The number of nitrogens with zero attached hydrogens (tertiary/aromatic N) is 2. The molecule has 1 unspecified atom stereocenters. The maximum atomic E-state index is 10.2. The van der Waals surface area contributed by atoms with Crippen molar-refractivity contribution in [2.24, 2.45) is 0 Å². The Morgan fingerprint density at radius 3 is 2.40 bits per heavy atom. The minimum absolute atomic E-state index is 0.283. The summed E-state index contributed by atoms with van der Waals surface area (Å²) in [6, 6.07) is 10.2. The van der Waals surface area contributed by atoms with Gasteiger partial charge in [-0.05, 0) is 12.0 Å². The number of hydrogen-bond acceptors (Lipinski definition) is 3. The molecule has 3 nitrogen and oxygen atoms in total. The first-order chi connectivity index (χ1) is 9.78. The van der Waals surface area contributed by atoms with E-state index in [4.69, 9.17) is 6.42 Å². The maximum Gasteiger partial charge on any atom is 0.0707 e. The molecule has 0 saturated carbocycles. The highest BCUT2D eigenvalue weighted by molar-refractivity contribution is 5.15. The zero-order valence-corrected chi connectivity index (χ0v) is 12.0. The van der Waals surface area contributed by atoms with E-state index in [0.717, 1.165) is 52.1 Å². The smallest absolute Gasteiger partial charge is 0.0707 e. The molecule has 0 aliphatic carbocycles. The first-order valence-electron chi connectivity index (χ1n) is 7.38.